The molecule has 3 aromatic carbocycles. The van der Waals surface area contributed by atoms with E-state index in [9.17, 15) is 14.7 Å². The summed E-state index contributed by atoms with van der Waals surface area (Å²) in [5, 5.41) is 17.0. The van der Waals surface area contributed by atoms with Gasteiger partial charge in [0.05, 0.1) is 44.6 Å². The van der Waals surface area contributed by atoms with E-state index in [4.69, 9.17) is 14.3 Å². The van der Waals surface area contributed by atoms with Crippen molar-refractivity contribution in [2.75, 3.05) is 14.2 Å². The second kappa shape index (κ2) is 8.41. The first-order chi connectivity index (χ1) is 15.9. The molecule has 3 atom stereocenters. The number of ether oxygens (including phenoxy) is 2. The van der Waals surface area contributed by atoms with Gasteiger partial charge in [-0.15, -0.1) is 0 Å². The fraction of sp³-hybridized carbons (Fsp3) is 0.385. The lowest BCUT2D eigenvalue weighted by Gasteiger charge is -2.45. The first-order valence-corrected chi connectivity index (χ1v) is 11.2. The van der Waals surface area contributed by atoms with E-state index in [1.54, 1.807) is 21.1 Å². The van der Waals surface area contributed by atoms with Gasteiger partial charge in [-0.3, -0.25) is 14.4 Å². The Bertz CT molecular complexity index is 1270. The van der Waals surface area contributed by atoms with Crippen LogP contribution in [0.4, 0.5) is 0 Å². The molecular formula is C26H27NO6. The van der Waals surface area contributed by atoms with Crippen LogP contribution in [0.25, 0.3) is 21.5 Å². The average Bonchev–Trinajstić information content (AvgIpc) is 2.82. The van der Waals surface area contributed by atoms with E-state index >= 15 is 0 Å². The fourth-order valence-electron chi connectivity index (χ4n) is 5.36. The summed E-state index contributed by atoms with van der Waals surface area (Å²) in [7, 11) is 3.16. The Hall–Kier alpha value is -3.00. The van der Waals surface area contributed by atoms with Crippen LogP contribution in [0.5, 0.6) is 11.5 Å². The molecule has 0 aromatic heterocycles. The van der Waals surface area contributed by atoms with Crippen LogP contribution in [0.3, 0.4) is 0 Å². The molecule has 33 heavy (non-hydrogen) atoms. The van der Waals surface area contributed by atoms with Crippen molar-refractivity contribution < 1.29 is 29.0 Å². The van der Waals surface area contributed by atoms with Gasteiger partial charge in [-0.25, -0.2) is 0 Å². The summed E-state index contributed by atoms with van der Waals surface area (Å²) in [5.41, 5.74) is 2.22. The summed E-state index contributed by atoms with van der Waals surface area (Å²) in [6, 6.07) is 9.32. The Labute approximate surface area is 191 Å². The number of methoxy groups -OCH3 is 2. The third-order valence-corrected chi connectivity index (χ3v) is 6.88. The highest BCUT2D eigenvalue weighted by atomic mass is 16.7. The van der Waals surface area contributed by atoms with Crippen molar-refractivity contribution in [3.05, 3.63) is 47.0 Å². The number of carbonyl (C=O) groups is 2. The molecule has 1 saturated heterocycles. The van der Waals surface area contributed by atoms with Crippen LogP contribution < -0.4 is 9.47 Å². The molecule has 2 heterocycles. The van der Waals surface area contributed by atoms with E-state index in [2.05, 4.69) is 0 Å². The highest BCUT2D eigenvalue weighted by Crippen LogP contribution is 2.46. The van der Waals surface area contributed by atoms with Gasteiger partial charge < -0.3 is 14.6 Å². The number of carbonyl (C=O) groups excluding carboxylic acids is 2. The molecule has 5 rings (SSSR count). The van der Waals surface area contributed by atoms with E-state index in [-0.39, 0.29) is 17.9 Å². The SMILES string of the molecule is COc1ccc2c3c(c4cc(C=O)c(OC)cc4c2c1)CN1O[C@@H](CC(C)=O)CC[C@H]1[C@H]3O. The third kappa shape index (κ3) is 3.57. The minimum Gasteiger partial charge on any atom is -0.497 e. The maximum Gasteiger partial charge on any atom is 0.153 e. The van der Waals surface area contributed by atoms with E-state index in [1.165, 1.54) is 0 Å². The summed E-state index contributed by atoms with van der Waals surface area (Å²) in [5.74, 6) is 1.29. The van der Waals surface area contributed by atoms with Gasteiger partial charge in [-0.1, -0.05) is 6.07 Å². The lowest BCUT2D eigenvalue weighted by atomic mass is 9.81. The van der Waals surface area contributed by atoms with Crippen LogP contribution in [0.2, 0.25) is 0 Å². The number of nitrogens with zero attached hydrogens (tertiary/aromatic N) is 1. The Morgan fingerprint density at radius 3 is 2.61 bits per heavy atom. The van der Waals surface area contributed by atoms with Crippen molar-refractivity contribution in [2.45, 2.75) is 51.0 Å². The topological polar surface area (TPSA) is 85.3 Å². The number of hydrogen-bond acceptors (Lipinski definition) is 7. The quantitative estimate of drug-likeness (QED) is 0.463. The molecule has 7 heteroatoms. The van der Waals surface area contributed by atoms with E-state index < -0.39 is 6.10 Å². The minimum atomic E-state index is -0.769. The van der Waals surface area contributed by atoms with Gasteiger partial charge in [-0.05, 0) is 76.7 Å². The summed E-state index contributed by atoms with van der Waals surface area (Å²) in [6.07, 6.45) is 1.64. The maximum atomic E-state index is 11.8. The number of Topliss-reactive ketones (excluding diaryl/α,β-unsaturated/α-hetero) is 1. The molecule has 0 bridgehead atoms. The van der Waals surface area contributed by atoms with Crippen molar-refractivity contribution >= 4 is 33.6 Å². The van der Waals surface area contributed by atoms with E-state index in [0.717, 1.165) is 51.8 Å². The number of hydroxylamine groups is 2. The van der Waals surface area contributed by atoms with Gasteiger partial charge in [-0.2, -0.15) is 5.06 Å². The highest BCUT2D eigenvalue weighted by Gasteiger charge is 2.41. The average molecular weight is 450 g/mol. The van der Waals surface area contributed by atoms with Crippen molar-refractivity contribution in [1.82, 2.24) is 5.06 Å². The Balaban J connectivity index is 1.75. The number of fused-ring (bicyclic) bond motifs is 7. The molecule has 1 fully saturated rings. The molecule has 0 unspecified atom stereocenters. The van der Waals surface area contributed by atoms with Crippen LogP contribution in [0.1, 0.15) is 53.8 Å². The van der Waals surface area contributed by atoms with Crippen LogP contribution >= 0.6 is 0 Å². The van der Waals surface area contributed by atoms with Gasteiger partial charge in [0.15, 0.2) is 6.29 Å². The molecule has 0 saturated carbocycles. The largest absolute Gasteiger partial charge is 0.497 e. The van der Waals surface area contributed by atoms with Crippen LogP contribution in [-0.2, 0) is 16.2 Å². The standard InChI is InChI=1S/C26H27NO6/c1-14(29)8-17-5-7-23-26(30)25-18-6-4-16(31-2)10-20(18)21-11-24(32-3)15(13-28)9-19(21)22(25)12-27(23)33-17/h4,6,9-11,13,17,23,26,30H,5,7-8,12H2,1-3H3/t17-,23+,26-/m1/s1. The molecule has 3 aromatic rings. The minimum absolute atomic E-state index is 0.0875. The molecule has 0 aliphatic carbocycles. The summed E-state index contributed by atoms with van der Waals surface area (Å²) >= 11 is 0. The van der Waals surface area contributed by atoms with Crippen LogP contribution in [0, 0.1) is 0 Å². The molecule has 1 N–H and O–H groups in total. The first kappa shape index (κ1) is 21.8. The number of aldehydes is 1. The van der Waals surface area contributed by atoms with Gasteiger partial charge in [0, 0.05) is 6.42 Å². The molecule has 2 aliphatic rings. The van der Waals surface area contributed by atoms with Crippen LogP contribution in [-0.4, -0.2) is 48.6 Å². The van der Waals surface area contributed by atoms with Crippen molar-refractivity contribution in [3.63, 3.8) is 0 Å². The number of aliphatic hydroxyl groups is 1. The Morgan fingerprint density at radius 1 is 1.12 bits per heavy atom. The maximum absolute atomic E-state index is 11.8. The zero-order valence-corrected chi connectivity index (χ0v) is 19.0. The third-order valence-electron chi connectivity index (χ3n) is 6.88. The number of aliphatic hydroxyl groups excluding tert-OH is 1. The molecule has 172 valence electrons. The van der Waals surface area contributed by atoms with Crippen molar-refractivity contribution in [1.29, 1.82) is 0 Å². The van der Waals surface area contributed by atoms with Gasteiger partial charge >= 0.3 is 0 Å². The van der Waals surface area contributed by atoms with Gasteiger partial charge in [0.25, 0.3) is 0 Å². The lowest BCUT2D eigenvalue weighted by Crippen LogP contribution is -2.49. The number of hydrogen-bond donors (Lipinski definition) is 1. The zero-order chi connectivity index (χ0) is 23.3. The summed E-state index contributed by atoms with van der Waals surface area (Å²) in [6.45, 7) is 2.02. The molecule has 2 aliphatic heterocycles. The normalized spacial score (nSPS) is 22.6. The van der Waals surface area contributed by atoms with Gasteiger partial charge in [0.1, 0.15) is 17.3 Å². The number of ketones is 1. The number of benzene rings is 3. The molecule has 7 nitrogen and oxygen atoms in total. The highest BCUT2D eigenvalue weighted by molar-refractivity contribution is 6.13. The second-order valence-corrected chi connectivity index (χ2v) is 8.86. The summed E-state index contributed by atoms with van der Waals surface area (Å²) < 4.78 is 10.9. The van der Waals surface area contributed by atoms with Crippen LogP contribution in [0.15, 0.2) is 30.3 Å². The van der Waals surface area contributed by atoms with Crippen molar-refractivity contribution in [3.8, 4) is 11.5 Å². The Kier molecular flexibility index (Phi) is 5.56. The monoisotopic (exact) mass is 449 g/mol. The molecule has 0 spiro atoms. The Morgan fingerprint density at radius 2 is 1.91 bits per heavy atom. The predicted molar refractivity (Wildman–Crippen MR) is 124 cm³/mol. The second-order valence-electron chi connectivity index (χ2n) is 8.86. The van der Waals surface area contributed by atoms with E-state index in [0.29, 0.717) is 30.0 Å². The first-order valence-electron chi connectivity index (χ1n) is 11.2. The lowest BCUT2D eigenvalue weighted by molar-refractivity contribution is -0.275. The molecule has 0 amide bonds. The summed E-state index contributed by atoms with van der Waals surface area (Å²) in [4.78, 5) is 29.6. The molecular weight excluding hydrogens is 422 g/mol. The van der Waals surface area contributed by atoms with Gasteiger partial charge in [0.2, 0.25) is 0 Å². The zero-order valence-electron chi connectivity index (χ0n) is 19.0. The van der Waals surface area contributed by atoms with E-state index in [1.807, 2.05) is 35.4 Å². The smallest absolute Gasteiger partial charge is 0.153 e. The molecule has 0 radical (unpaired) electrons. The van der Waals surface area contributed by atoms with Crippen molar-refractivity contribution in [2.24, 2.45) is 0 Å². The number of rotatable bonds is 5. The predicted octanol–water partition coefficient (Wildman–Crippen LogP) is 4.11. The fourth-order valence-corrected chi connectivity index (χ4v) is 5.36.